The molecule has 1 rings (SSSR count). The summed E-state index contributed by atoms with van der Waals surface area (Å²) in [6.07, 6.45) is 0. The van der Waals surface area contributed by atoms with Gasteiger partial charge in [-0.05, 0) is 25.5 Å². The van der Waals surface area contributed by atoms with Crippen LogP contribution in [-0.2, 0) is 20.6 Å². The second-order valence-electron chi connectivity index (χ2n) is 4.56. The minimum absolute atomic E-state index is 0.206. The Balaban J connectivity index is 2.79. The molecule has 0 heterocycles. The Hall–Kier alpha value is -1.51. The molecule has 6 nitrogen and oxygen atoms in total. The monoisotopic (exact) mass is 329 g/mol. The van der Waals surface area contributed by atoms with E-state index in [4.69, 9.17) is 18.0 Å². The van der Waals surface area contributed by atoms with E-state index in [-0.39, 0.29) is 16.6 Å². The highest BCUT2D eigenvalue weighted by Gasteiger charge is 2.20. The minimum Gasteiger partial charge on any atom is -0.389 e. The molecule has 0 aliphatic carbocycles. The van der Waals surface area contributed by atoms with Crippen LogP contribution in [0.4, 0.5) is 0 Å². The Kier molecular flexibility index (Phi) is 6.25. The Labute approximate surface area is 130 Å². The van der Waals surface area contributed by atoms with Crippen LogP contribution >= 0.6 is 12.2 Å². The van der Waals surface area contributed by atoms with Gasteiger partial charge in [-0.15, -0.1) is 0 Å². The first kappa shape index (κ1) is 17.5. The van der Waals surface area contributed by atoms with Crippen LogP contribution < -0.4 is 15.8 Å². The van der Waals surface area contributed by atoms with Crippen molar-refractivity contribution in [3.05, 3.63) is 35.4 Å². The molecule has 0 aliphatic rings. The molecule has 8 heteroatoms. The van der Waals surface area contributed by atoms with E-state index in [0.717, 1.165) is 0 Å². The van der Waals surface area contributed by atoms with Crippen LogP contribution in [0.1, 0.15) is 25.0 Å². The van der Waals surface area contributed by atoms with Gasteiger partial charge in [-0.3, -0.25) is 4.79 Å². The van der Waals surface area contributed by atoms with Gasteiger partial charge in [0, 0.05) is 12.1 Å². The Morgan fingerprint density at radius 3 is 2.67 bits per heavy atom. The van der Waals surface area contributed by atoms with Gasteiger partial charge in [0.1, 0.15) is 4.99 Å². The van der Waals surface area contributed by atoms with Crippen molar-refractivity contribution in [1.82, 2.24) is 10.0 Å². The van der Waals surface area contributed by atoms with E-state index in [1.165, 1.54) is 6.92 Å². The number of thiocarbonyl (C=S) groups is 1. The lowest BCUT2D eigenvalue weighted by atomic mass is 10.1. The zero-order valence-corrected chi connectivity index (χ0v) is 13.6. The van der Waals surface area contributed by atoms with E-state index >= 15 is 0 Å². The summed E-state index contributed by atoms with van der Waals surface area (Å²) < 4.78 is 26.4. The highest BCUT2D eigenvalue weighted by atomic mass is 32.2. The molecule has 0 saturated carbocycles. The van der Waals surface area contributed by atoms with Crippen molar-refractivity contribution in [2.24, 2.45) is 5.73 Å². The molecule has 0 spiro atoms. The number of carbonyl (C=O) groups excluding carboxylic acids is 1. The molecule has 21 heavy (non-hydrogen) atoms. The lowest BCUT2D eigenvalue weighted by molar-refractivity contribution is -0.122. The fourth-order valence-electron chi connectivity index (χ4n) is 1.73. The van der Waals surface area contributed by atoms with Gasteiger partial charge in [-0.1, -0.05) is 30.4 Å². The van der Waals surface area contributed by atoms with Crippen LogP contribution in [0, 0.1) is 0 Å². The number of rotatable bonds is 7. The van der Waals surface area contributed by atoms with Crippen molar-refractivity contribution >= 4 is 33.1 Å². The van der Waals surface area contributed by atoms with Gasteiger partial charge in [0.05, 0.1) is 11.8 Å². The molecule has 1 aromatic rings. The third-order valence-corrected chi connectivity index (χ3v) is 4.33. The quantitative estimate of drug-likeness (QED) is 0.623. The summed E-state index contributed by atoms with van der Waals surface area (Å²) in [5, 5.41) is 2.56. The van der Waals surface area contributed by atoms with Crippen molar-refractivity contribution < 1.29 is 13.2 Å². The normalized spacial score (nSPS) is 12.7. The Bertz CT molecular complexity index is 629. The summed E-state index contributed by atoms with van der Waals surface area (Å²) in [6.45, 7) is 3.70. The number of sulfonamides is 1. The number of carbonyl (C=O) groups is 1. The van der Waals surface area contributed by atoms with E-state index < -0.39 is 16.1 Å². The molecule has 0 saturated heterocycles. The van der Waals surface area contributed by atoms with Crippen molar-refractivity contribution in [2.45, 2.75) is 25.6 Å². The maximum Gasteiger partial charge on any atom is 0.237 e. The van der Waals surface area contributed by atoms with Gasteiger partial charge < -0.3 is 11.1 Å². The second kappa shape index (κ2) is 7.48. The van der Waals surface area contributed by atoms with Crippen molar-refractivity contribution in [1.29, 1.82) is 0 Å². The van der Waals surface area contributed by atoms with Gasteiger partial charge >= 0.3 is 0 Å². The first-order valence-corrected chi connectivity index (χ1v) is 8.47. The third kappa shape index (κ3) is 5.78. The molecular weight excluding hydrogens is 310 g/mol. The fourth-order valence-corrected chi connectivity index (χ4v) is 3.20. The van der Waals surface area contributed by atoms with Crippen LogP contribution in [-0.4, -0.2) is 31.9 Å². The van der Waals surface area contributed by atoms with E-state index in [1.54, 1.807) is 31.2 Å². The molecule has 4 N–H and O–H groups in total. The van der Waals surface area contributed by atoms with Crippen LogP contribution in [0.15, 0.2) is 24.3 Å². The average molecular weight is 329 g/mol. The standard InChI is InChI=1S/C13H19N3O3S2/c1-3-15-13(17)9(2)16-21(18,19)8-10-5-4-6-11(7-10)12(14)20/h4-7,9,16H,3,8H2,1-2H3,(H2,14,20)(H,15,17). The maximum atomic E-state index is 12.0. The summed E-state index contributed by atoms with van der Waals surface area (Å²) in [4.78, 5) is 11.8. The number of benzene rings is 1. The second-order valence-corrected chi connectivity index (χ2v) is 6.75. The molecule has 0 fully saturated rings. The number of hydrogen-bond donors (Lipinski definition) is 3. The first-order valence-electron chi connectivity index (χ1n) is 6.41. The molecule has 1 atom stereocenters. The van der Waals surface area contributed by atoms with Crippen LogP contribution in [0.3, 0.4) is 0 Å². The predicted molar refractivity (Wildman–Crippen MR) is 86.2 cm³/mol. The number of likely N-dealkylation sites (N-methyl/N-ethyl adjacent to an activating group) is 1. The highest BCUT2D eigenvalue weighted by molar-refractivity contribution is 7.88. The Morgan fingerprint density at radius 1 is 1.43 bits per heavy atom. The van der Waals surface area contributed by atoms with E-state index in [9.17, 15) is 13.2 Å². The summed E-state index contributed by atoms with van der Waals surface area (Å²) in [6, 6.07) is 5.86. The zero-order valence-electron chi connectivity index (χ0n) is 11.9. The molecule has 0 radical (unpaired) electrons. The molecule has 116 valence electrons. The fraction of sp³-hybridized carbons (Fsp3) is 0.385. The van der Waals surface area contributed by atoms with Gasteiger partial charge in [-0.2, -0.15) is 0 Å². The van der Waals surface area contributed by atoms with E-state index in [0.29, 0.717) is 17.7 Å². The lowest BCUT2D eigenvalue weighted by Crippen LogP contribution is -2.45. The van der Waals surface area contributed by atoms with Crippen molar-refractivity contribution in [3.8, 4) is 0 Å². The Morgan fingerprint density at radius 2 is 2.10 bits per heavy atom. The van der Waals surface area contributed by atoms with Crippen molar-refractivity contribution in [3.63, 3.8) is 0 Å². The number of nitrogens with two attached hydrogens (primary N) is 1. The van der Waals surface area contributed by atoms with Crippen LogP contribution in [0.25, 0.3) is 0 Å². The largest absolute Gasteiger partial charge is 0.389 e. The molecule has 0 aliphatic heterocycles. The SMILES string of the molecule is CCNC(=O)C(C)NS(=O)(=O)Cc1cccc(C(N)=S)c1. The van der Waals surface area contributed by atoms with Crippen LogP contribution in [0.2, 0.25) is 0 Å². The van der Waals surface area contributed by atoms with Gasteiger partial charge in [0.25, 0.3) is 0 Å². The zero-order chi connectivity index (χ0) is 16.0. The number of nitrogens with one attached hydrogen (secondary N) is 2. The molecule has 1 aromatic carbocycles. The molecular formula is C13H19N3O3S2. The van der Waals surface area contributed by atoms with Gasteiger partial charge in [0.15, 0.2) is 0 Å². The average Bonchev–Trinajstić information content (AvgIpc) is 2.38. The summed E-state index contributed by atoms with van der Waals surface area (Å²) >= 11 is 4.86. The van der Waals surface area contributed by atoms with E-state index in [2.05, 4.69) is 10.0 Å². The topological polar surface area (TPSA) is 101 Å². The van der Waals surface area contributed by atoms with Gasteiger partial charge in [-0.25, -0.2) is 13.1 Å². The molecule has 1 amide bonds. The molecule has 1 unspecified atom stereocenters. The molecule has 0 bridgehead atoms. The number of amides is 1. The summed E-state index contributed by atoms with van der Waals surface area (Å²) in [5.74, 6) is -0.606. The molecule has 0 aromatic heterocycles. The smallest absolute Gasteiger partial charge is 0.237 e. The maximum absolute atomic E-state index is 12.0. The summed E-state index contributed by atoms with van der Waals surface area (Å²) in [7, 11) is -3.63. The number of hydrogen-bond acceptors (Lipinski definition) is 4. The predicted octanol–water partition coefficient (Wildman–Crippen LogP) is 0.265. The third-order valence-electron chi connectivity index (χ3n) is 2.67. The van der Waals surface area contributed by atoms with Crippen LogP contribution in [0.5, 0.6) is 0 Å². The minimum atomic E-state index is -3.63. The lowest BCUT2D eigenvalue weighted by Gasteiger charge is -2.14. The summed E-state index contributed by atoms with van der Waals surface area (Å²) in [5.41, 5.74) is 6.67. The van der Waals surface area contributed by atoms with E-state index in [1.807, 2.05) is 0 Å². The highest BCUT2D eigenvalue weighted by Crippen LogP contribution is 2.09. The first-order chi connectivity index (χ1) is 9.75. The van der Waals surface area contributed by atoms with Crippen molar-refractivity contribution in [2.75, 3.05) is 6.54 Å². The van der Waals surface area contributed by atoms with Gasteiger partial charge in [0.2, 0.25) is 15.9 Å².